The molecule has 64 valence electrons. The fourth-order valence-corrected chi connectivity index (χ4v) is 1.76. The molecule has 0 fully saturated rings. The Morgan fingerprint density at radius 3 is 3.00 bits per heavy atom. The van der Waals surface area contributed by atoms with Crippen LogP contribution in [0, 0.1) is 0 Å². The highest BCUT2D eigenvalue weighted by Gasteiger charge is 2.20. The summed E-state index contributed by atoms with van der Waals surface area (Å²) in [4.78, 5) is 0. The summed E-state index contributed by atoms with van der Waals surface area (Å²) in [6.45, 7) is 2.14. The minimum Gasteiger partial charge on any atom is -0.374 e. The second-order valence-electron chi connectivity index (χ2n) is 3.38. The number of benzene rings is 1. The molecule has 1 aliphatic rings. The average molecular weight is 163 g/mol. The Bertz CT molecular complexity index is 285. The maximum absolute atomic E-state index is 9.42. The van der Waals surface area contributed by atoms with Crippen molar-refractivity contribution in [1.82, 2.24) is 0 Å². The number of aliphatic hydroxyl groups excluding tert-OH is 1. The molecular formula is C10H13NO. The molecule has 0 spiro atoms. The molecule has 1 aromatic carbocycles. The number of fused-ring (bicyclic) bond motifs is 1. The van der Waals surface area contributed by atoms with Gasteiger partial charge in [-0.25, -0.2) is 0 Å². The van der Waals surface area contributed by atoms with E-state index in [0.29, 0.717) is 5.92 Å². The van der Waals surface area contributed by atoms with Crippen LogP contribution < -0.4 is 5.32 Å². The first-order valence-corrected chi connectivity index (χ1v) is 4.31. The second kappa shape index (κ2) is 2.79. The van der Waals surface area contributed by atoms with Crippen molar-refractivity contribution >= 4 is 5.69 Å². The third-order valence-corrected chi connectivity index (χ3v) is 2.39. The molecule has 1 heterocycles. The van der Waals surface area contributed by atoms with Gasteiger partial charge in [0.2, 0.25) is 0 Å². The largest absolute Gasteiger partial charge is 0.374 e. The molecule has 1 aliphatic heterocycles. The van der Waals surface area contributed by atoms with E-state index < -0.39 is 0 Å². The summed E-state index contributed by atoms with van der Waals surface area (Å²) in [5, 5.41) is 12.5. The Hall–Kier alpha value is -1.02. The molecule has 0 aliphatic carbocycles. The lowest BCUT2D eigenvalue weighted by Gasteiger charge is -2.27. The number of para-hydroxylation sites is 1. The van der Waals surface area contributed by atoms with Crippen LogP contribution in [0.15, 0.2) is 24.3 Å². The second-order valence-corrected chi connectivity index (χ2v) is 3.38. The quantitative estimate of drug-likeness (QED) is 0.612. The Balaban J connectivity index is 2.40. The minimum atomic E-state index is -0.380. The normalized spacial score (nSPS) is 27.5. The van der Waals surface area contributed by atoms with Crippen LogP contribution in [0.3, 0.4) is 0 Å². The summed E-state index contributed by atoms with van der Waals surface area (Å²) < 4.78 is 0. The van der Waals surface area contributed by atoms with E-state index >= 15 is 0 Å². The van der Waals surface area contributed by atoms with Gasteiger partial charge in [0.15, 0.2) is 0 Å². The molecule has 1 aromatic rings. The molecule has 2 rings (SSSR count). The molecule has 0 saturated carbocycles. The Kier molecular flexibility index (Phi) is 1.77. The van der Waals surface area contributed by atoms with Gasteiger partial charge < -0.3 is 10.4 Å². The number of hydrogen-bond acceptors (Lipinski definition) is 2. The highest BCUT2D eigenvalue weighted by atomic mass is 16.3. The first-order valence-electron chi connectivity index (χ1n) is 4.31. The Morgan fingerprint density at radius 2 is 2.17 bits per heavy atom. The predicted molar refractivity (Wildman–Crippen MR) is 49.1 cm³/mol. The molecule has 0 bridgehead atoms. The third-order valence-electron chi connectivity index (χ3n) is 2.39. The predicted octanol–water partition coefficient (Wildman–Crippen LogP) is 1.92. The van der Waals surface area contributed by atoms with Gasteiger partial charge in [0.05, 0.1) is 0 Å². The van der Waals surface area contributed by atoms with Crippen LogP contribution in [0.1, 0.15) is 24.8 Å². The zero-order valence-electron chi connectivity index (χ0n) is 7.12. The minimum absolute atomic E-state index is 0.380. The summed E-state index contributed by atoms with van der Waals surface area (Å²) in [6, 6.07) is 8.14. The summed E-state index contributed by atoms with van der Waals surface area (Å²) >= 11 is 0. The van der Waals surface area contributed by atoms with E-state index in [9.17, 15) is 5.11 Å². The number of nitrogens with one attached hydrogen (secondary N) is 1. The van der Waals surface area contributed by atoms with E-state index in [-0.39, 0.29) is 6.23 Å². The van der Waals surface area contributed by atoms with E-state index in [2.05, 4.69) is 18.3 Å². The van der Waals surface area contributed by atoms with Crippen molar-refractivity contribution in [3.05, 3.63) is 29.8 Å². The van der Waals surface area contributed by atoms with Crippen molar-refractivity contribution in [3.8, 4) is 0 Å². The molecule has 0 aromatic heterocycles. The summed E-state index contributed by atoms with van der Waals surface area (Å²) in [6.07, 6.45) is 0.423. The smallest absolute Gasteiger partial charge is 0.125 e. The number of hydrogen-bond donors (Lipinski definition) is 2. The van der Waals surface area contributed by atoms with Crippen molar-refractivity contribution < 1.29 is 5.11 Å². The zero-order valence-corrected chi connectivity index (χ0v) is 7.12. The summed E-state index contributed by atoms with van der Waals surface area (Å²) in [5.41, 5.74) is 2.38. The van der Waals surface area contributed by atoms with Crippen LogP contribution in [0.2, 0.25) is 0 Å². The van der Waals surface area contributed by atoms with Gasteiger partial charge in [0.1, 0.15) is 6.23 Å². The molecular weight excluding hydrogens is 150 g/mol. The highest BCUT2D eigenvalue weighted by Crippen LogP contribution is 2.32. The van der Waals surface area contributed by atoms with Gasteiger partial charge in [0.25, 0.3) is 0 Å². The highest BCUT2D eigenvalue weighted by molar-refractivity contribution is 5.54. The van der Waals surface area contributed by atoms with Crippen molar-refractivity contribution in [1.29, 1.82) is 0 Å². The van der Waals surface area contributed by atoms with Crippen LogP contribution in [0.5, 0.6) is 0 Å². The monoisotopic (exact) mass is 163 g/mol. The average Bonchev–Trinajstić information content (AvgIpc) is 2.04. The van der Waals surface area contributed by atoms with E-state index in [1.165, 1.54) is 5.56 Å². The SMILES string of the molecule is C[C@@H]1C[C@@H](O)Nc2ccccc21. The van der Waals surface area contributed by atoms with Crippen molar-refractivity contribution in [3.63, 3.8) is 0 Å². The molecule has 12 heavy (non-hydrogen) atoms. The maximum Gasteiger partial charge on any atom is 0.125 e. The van der Waals surface area contributed by atoms with Gasteiger partial charge >= 0.3 is 0 Å². The van der Waals surface area contributed by atoms with Crippen molar-refractivity contribution in [2.45, 2.75) is 25.5 Å². The first kappa shape index (κ1) is 7.62. The maximum atomic E-state index is 9.42. The molecule has 0 radical (unpaired) electrons. The fraction of sp³-hybridized carbons (Fsp3) is 0.400. The van der Waals surface area contributed by atoms with Crippen LogP contribution in [-0.2, 0) is 0 Å². The van der Waals surface area contributed by atoms with E-state index in [1.807, 2.05) is 18.2 Å². The van der Waals surface area contributed by atoms with Crippen LogP contribution in [-0.4, -0.2) is 11.3 Å². The number of aliphatic hydroxyl groups is 1. The molecule has 2 nitrogen and oxygen atoms in total. The van der Waals surface area contributed by atoms with Gasteiger partial charge in [-0.2, -0.15) is 0 Å². The Morgan fingerprint density at radius 1 is 1.42 bits per heavy atom. The zero-order chi connectivity index (χ0) is 8.55. The summed E-state index contributed by atoms with van der Waals surface area (Å²) in [7, 11) is 0. The third kappa shape index (κ3) is 1.18. The lowest BCUT2D eigenvalue weighted by Crippen LogP contribution is -2.26. The topological polar surface area (TPSA) is 32.3 Å². The van der Waals surface area contributed by atoms with Crippen molar-refractivity contribution in [2.24, 2.45) is 0 Å². The number of rotatable bonds is 0. The lowest BCUT2D eigenvalue weighted by molar-refractivity contribution is 0.180. The van der Waals surface area contributed by atoms with E-state index in [1.54, 1.807) is 0 Å². The molecule has 0 unspecified atom stereocenters. The van der Waals surface area contributed by atoms with Gasteiger partial charge in [0, 0.05) is 5.69 Å². The molecule has 0 saturated heterocycles. The fourth-order valence-electron chi connectivity index (χ4n) is 1.76. The van der Waals surface area contributed by atoms with Crippen LogP contribution >= 0.6 is 0 Å². The van der Waals surface area contributed by atoms with E-state index in [0.717, 1.165) is 12.1 Å². The lowest BCUT2D eigenvalue weighted by atomic mass is 9.92. The van der Waals surface area contributed by atoms with Crippen molar-refractivity contribution in [2.75, 3.05) is 5.32 Å². The standard InChI is InChI=1S/C10H13NO/c1-7-6-10(12)11-9-5-3-2-4-8(7)9/h2-5,7,10-12H,6H2,1H3/t7-,10-/m1/s1. The van der Waals surface area contributed by atoms with Gasteiger partial charge in [-0.1, -0.05) is 25.1 Å². The molecule has 2 N–H and O–H groups in total. The first-order chi connectivity index (χ1) is 5.77. The Labute approximate surface area is 72.2 Å². The van der Waals surface area contributed by atoms with Gasteiger partial charge in [-0.05, 0) is 24.0 Å². The van der Waals surface area contributed by atoms with Gasteiger partial charge in [-0.15, -0.1) is 0 Å². The molecule has 2 heteroatoms. The molecule has 0 amide bonds. The van der Waals surface area contributed by atoms with E-state index in [4.69, 9.17) is 0 Å². The summed E-state index contributed by atoms with van der Waals surface area (Å²) in [5.74, 6) is 0.456. The van der Waals surface area contributed by atoms with Gasteiger partial charge in [-0.3, -0.25) is 0 Å². The molecule has 2 atom stereocenters. The van der Waals surface area contributed by atoms with Crippen LogP contribution in [0.25, 0.3) is 0 Å². The van der Waals surface area contributed by atoms with Crippen LogP contribution in [0.4, 0.5) is 5.69 Å². The number of anilines is 1.